The van der Waals surface area contributed by atoms with Crippen molar-refractivity contribution in [3.05, 3.63) is 35.4 Å². The fraction of sp³-hybridized carbons (Fsp3) is 0.636. The Balaban J connectivity index is 1.61. The second-order valence-corrected chi connectivity index (χ2v) is 8.05. The fourth-order valence-electron chi connectivity index (χ4n) is 4.31. The molecule has 2 atom stereocenters. The SMILES string of the molecule is CCNC(=NCc1ccc(C(=O)N(C)C)cc1)NC1CC(OCC)C12CCC2. The van der Waals surface area contributed by atoms with E-state index in [4.69, 9.17) is 9.73 Å². The zero-order valence-electron chi connectivity index (χ0n) is 17.6. The number of hydrogen-bond acceptors (Lipinski definition) is 3. The van der Waals surface area contributed by atoms with E-state index in [1.54, 1.807) is 19.0 Å². The van der Waals surface area contributed by atoms with Crippen molar-refractivity contribution < 1.29 is 9.53 Å². The van der Waals surface area contributed by atoms with Crippen molar-refractivity contribution in [2.24, 2.45) is 10.4 Å². The van der Waals surface area contributed by atoms with Gasteiger partial charge in [0.05, 0.1) is 12.6 Å². The maximum Gasteiger partial charge on any atom is 0.253 e. The Hall–Kier alpha value is -2.08. The molecule has 6 heteroatoms. The number of ether oxygens (including phenoxy) is 1. The molecule has 2 aliphatic carbocycles. The Kier molecular flexibility index (Phi) is 6.60. The van der Waals surface area contributed by atoms with Crippen molar-refractivity contribution >= 4 is 11.9 Å². The average Bonchev–Trinajstić information content (AvgIpc) is 2.63. The van der Waals surface area contributed by atoms with E-state index >= 15 is 0 Å². The van der Waals surface area contributed by atoms with Crippen molar-refractivity contribution in [3.8, 4) is 0 Å². The molecular weight excluding hydrogens is 352 g/mol. The van der Waals surface area contributed by atoms with E-state index in [1.807, 2.05) is 24.3 Å². The summed E-state index contributed by atoms with van der Waals surface area (Å²) in [5.74, 6) is 0.881. The van der Waals surface area contributed by atoms with Crippen molar-refractivity contribution in [1.82, 2.24) is 15.5 Å². The fourth-order valence-corrected chi connectivity index (χ4v) is 4.31. The number of amides is 1. The highest BCUT2D eigenvalue weighted by molar-refractivity contribution is 5.93. The van der Waals surface area contributed by atoms with Gasteiger partial charge in [0.1, 0.15) is 0 Å². The summed E-state index contributed by atoms with van der Waals surface area (Å²) in [6.07, 6.45) is 5.24. The Morgan fingerprint density at radius 3 is 2.50 bits per heavy atom. The van der Waals surface area contributed by atoms with Gasteiger partial charge in [-0.25, -0.2) is 4.99 Å². The predicted molar refractivity (Wildman–Crippen MR) is 113 cm³/mol. The highest BCUT2D eigenvalue weighted by Gasteiger charge is 2.59. The van der Waals surface area contributed by atoms with E-state index in [0.29, 0.717) is 29.7 Å². The number of carbonyl (C=O) groups is 1. The first-order valence-corrected chi connectivity index (χ1v) is 10.5. The van der Waals surface area contributed by atoms with Crippen molar-refractivity contribution in [2.45, 2.75) is 58.2 Å². The maximum atomic E-state index is 12.0. The Morgan fingerprint density at radius 1 is 1.25 bits per heavy atom. The van der Waals surface area contributed by atoms with Crippen LogP contribution in [0.3, 0.4) is 0 Å². The predicted octanol–water partition coefficient (Wildman–Crippen LogP) is 2.79. The van der Waals surface area contributed by atoms with Gasteiger partial charge in [-0.05, 0) is 50.8 Å². The van der Waals surface area contributed by atoms with E-state index in [0.717, 1.165) is 31.1 Å². The minimum absolute atomic E-state index is 0.0182. The quantitative estimate of drug-likeness (QED) is 0.559. The van der Waals surface area contributed by atoms with Crippen LogP contribution in [0.25, 0.3) is 0 Å². The lowest BCUT2D eigenvalue weighted by Gasteiger charge is -2.61. The van der Waals surface area contributed by atoms with Crippen LogP contribution in [0, 0.1) is 5.41 Å². The van der Waals surface area contributed by atoms with Crippen LogP contribution in [0.1, 0.15) is 55.5 Å². The molecule has 28 heavy (non-hydrogen) atoms. The monoisotopic (exact) mass is 386 g/mol. The molecule has 154 valence electrons. The van der Waals surface area contributed by atoms with Gasteiger partial charge in [0.2, 0.25) is 0 Å². The smallest absolute Gasteiger partial charge is 0.253 e. The molecule has 0 aliphatic heterocycles. The molecular formula is C22H34N4O2. The summed E-state index contributed by atoms with van der Waals surface area (Å²) in [6.45, 7) is 6.37. The zero-order valence-corrected chi connectivity index (χ0v) is 17.6. The lowest BCUT2D eigenvalue weighted by atomic mass is 9.51. The van der Waals surface area contributed by atoms with Gasteiger partial charge in [0, 0.05) is 44.3 Å². The molecule has 0 aromatic heterocycles. The van der Waals surface area contributed by atoms with Crippen LogP contribution < -0.4 is 10.6 Å². The van der Waals surface area contributed by atoms with E-state index in [-0.39, 0.29) is 5.91 Å². The largest absolute Gasteiger partial charge is 0.378 e. The summed E-state index contributed by atoms with van der Waals surface area (Å²) in [5.41, 5.74) is 2.10. The molecule has 2 aliphatic rings. The summed E-state index contributed by atoms with van der Waals surface area (Å²) in [4.78, 5) is 18.4. The van der Waals surface area contributed by atoms with Crippen molar-refractivity contribution in [2.75, 3.05) is 27.2 Å². The van der Waals surface area contributed by atoms with Crippen LogP contribution in [0.2, 0.25) is 0 Å². The second-order valence-electron chi connectivity index (χ2n) is 8.05. The number of nitrogens with zero attached hydrogens (tertiary/aromatic N) is 2. The molecule has 1 aromatic carbocycles. The van der Waals surface area contributed by atoms with E-state index in [2.05, 4.69) is 24.5 Å². The maximum absolute atomic E-state index is 12.0. The number of guanidine groups is 1. The summed E-state index contributed by atoms with van der Waals surface area (Å²) >= 11 is 0. The molecule has 6 nitrogen and oxygen atoms in total. The number of hydrogen-bond donors (Lipinski definition) is 2. The molecule has 2 unspecified atom stereocenters. The van der Waals surface area contributed by atoms with Gasteiger partial charge >= 0.3 is 0 Å². The minimum atomic E-state index is 0.0182. The standard InChI is InChI=1S/C22H34N4O2/c1-5-23-21(25-18-14-19(28-6-2)22(18)12-7-13-22)24-15-16-8-10-17(11-9-16)20(27)26(3)4/h8-11,18-19H,5-7,12-15H2,1-4H3,(H2,23,24,25). The van der Waals surface area contributed by atoms with Crippen LogP contribution in [-0.2, 0) is 11.3 Å². The summed E-state index contributed by atoms with van der Waals surface area (Å²) in [6, 6.07) is 8.14. The van der Waals surface area contributed by atoms with Gasteiger partial charge in [-0.3, -0.25) is 4.79 Å². The first kappa shape index (κ1) is 20.6. The number of aliphatic imine (C=N–C) groups is 1. The molecule has 2 fully saturated rings. The normalized spacial score (nSPS) is 22.9. The number of carbonyl (C=O) groups excluding carboxylic acids is 1. The zero-order chi connectivity index (χ0) is 20.1. The number of benzene rings is 1. The van der Waals surface area contributed by atoms with Crippen LogP contribution in [-0.4, -0.2) is 56.2 Å². The van der Waals surface area contributed by atoms with Crippen LogP contribution in [0.5, 0.6) is 0 Å². The van der Waals surface area contributed by atoms with Crippen LogP contribution in [0.15, 0.2) is 29.3 Å². The molecule has 1 aromatic rings. The molecule has 2 N–H and O–H groups in total. The highest BCUT2D eigenvalue weighted by Crippen LogP contribution is 2.57. The van der Waals surface area contributed by atoms with Gasteiger partial charge in [-0.2, -0.15) is 0 Å². The van der Waals surface area contributed by atoms with E-state index < -0.39 is 0 Å². The molecule has 1 spiro atoms. The molecule has 1 amide bonds. The van der Waals surface area contributed by atoms with E-state index in [9.17, 15) is 4.79 Å². The molecule has 3 rings (SSSR count). The molecule has 0 saturated heterocycles. The van der Waals surface area contributed by atoms with Gasteiger partial charge < -0.3 is 20.3 Å². The lowest BCUT2D eigenvalue weighted by molar-refractivity contribution is -0.168. The lowest BCUT2D eigenvalue weighted by Crippen LogP contribution is -2.68. The minimum Gasteiger partial charge on any atom is -0.378 e. The van der Waals surface area contributed by atoms with Crippen LogP contribution in [0.4, 0.5) is 0 Å². The van der Waals surface area contributed by atoms with Gasteiger partial charge in [0.25, 0.3) is 5.91 Å². The average molecular weight is 387 g/mol. The number of nitrogens with one attached hydrogen (secondary N) is 2. The summed E-state index contributed by atoms with van der Waals surface area (Å²) in [5, 5.41) is 7.02. The highest BCUT2D eigenvalue weighted by atomic mass is 16.5. The third-order valence-electron chi connectivity index (χ3n) is 6.12. The molecule has 0 radical (unpaired) electrons. The molecule has 2 saturated carbocycles. The van der Waals surface area contributed by atoms with Crippen molar-refractivity contribution in [1.29, 1.82) is 0 Å². The molecule has 0 bridgehead atoms. The Morgan fingerprint density at radius 2 is 1.96 bits per heavy atom. The second kappa shape index (κ2) is 8.95. The topological polar surface area (TPSA) is 66.0 Å². The van der Waals surface area contributed by atoms with Gasteiger partial charge in [-0.1, -0.05) is 18.6 Å². The van der Waals surface area contributed by atoms with E-state index in [1.165, 1.54) is 19.3 Å². The van der Waals surface area contributed by atoms with Crippen molar-refractivity contribution in [3.63, 3.8) is 0 Å². The Labute approximate surface area is 168 Å². The van der Waals surface area contributed by atoms with Gasteiger partial charge in [0.15, 0.2) is 5.96 Å². The number of rotatable bonds is 7. The Bertz CT molecular complexity index is 695. The van der Waals surface area contributed by atoms with Gasteiger partial charge in [-0.15, -0.1) is 0 Å². The molecule has 0 heterocycles. The third kappa shape index (κ3) is 4.17. The first-order chi connectivity index (χ1) is 13.5. The first-order valence-electron chi connectivity index (χ1n) is 10.5. The summed E-state index contributed by atoms with van der Waals surface area (Å²) in [7, 11) is 3.53. The third-order valence-corrected chi connectivity index (χ3v) is 6.12. The van der Waals surface area contributed by atoms with Crippen LogP contribution >= 0.6 is 0 Å². The summed E-state index contributed by atoms with van der Waals surface area (Å²) < 4.78 is 5.95.